The van der Waals surface area contributed by atoms with Crippen LogP contribution in [0.25, 0.3) is 79.8 Å². The molecule has 3 aromatic heterocycles. The third kappa shape index (κ3) is 35.1. The van der Waals surface area contributed by atoms with Crippen LogP contribution in [0.1, 0.15) is 406 Å². The Morgan fingerprint density at radius 3 is 0.897 bits per heavy atom. The lowest BCUT2D eigenvalue weighted by molar-refractivity contribution is -0.138. The van der Waals surface area contributed by atoms with E-state index in [9.17, 15) is 47.4 Å². The smallest absolute Gasteiger partial charge is 0.416 e. The van der Waals surface area contributed by atoms with Gasteiger partial charge in [0, 0.05) is 50.0 Å². The van der Waals surface area contributed by atoms with Crippen molar-refractivity contribution in [3.63, 3.8) is 0 Å². The first-order valence-corrected chi connectivity index (χ1v) is 51.7. The molecule has 0 atom stereocenters. The van der Waals surface area contributed by atoms with Crippen molar-refractivity contribution in [1.29, 1.82) is 21.0 Å². The van der Waals surface area contributed by atoms with Crippen LogP contribution in [-0.2, 0) is 12.4 Å². The minimum atomic E-state index is -4.81. The number of aromatic nitrogens is 4. The maximum absolute atomic E-state index is 14.8. The SMILES string of the molecule is CCCCCCCCCCOc1cc(-c2c3nc(c(C(=C(C#N)C#N)C(=C(C#N)C#N)c4ccc(C(F)(F)F)cc4)c4ccc([nH]4)c(-c4cc(OCCCCCCCCCC)c(OCCCCCCCCCC)c(OCCCCCCCCCC)c4)c4nc(c(C#Cc5ccc(C(F)(F)F)cc5)c5ccc2[nH]5)C=C4)C=C3)cc(OCCCCCCCCCC)c1OCCCCCCCCCC. The molecule has 0 saturated carbocycles. The van der Waals surface area contributed by atoms with E-state index < -0.39 is 34.6 Å². The molecule has 2 aliphatic rings. The zero-order valence-electron chi connectivity index (χ0n) is 82.1. The first-order chi connectivity index (χ1) is 66.4. The van der Waals surface area contributed by atoms with Crippen molar-refractivity contribution >= 4 is 57.5 Å². The molecule has 7 aromatic rings. The molecule has 9 rings (SSSR count). The fourth-order valence-electron chi connectivity index (χ4n) is 17.6. The molecule has 8 bridgehead atoms. The lowest BCUT2D eigenvalue weighted by Crippen LogP contribution is -2.07. The van der Waals surface area contributed by atoms with E-state index in [1.165, 1.54) is 115 Å². The average Bonchev–Trinajstić information content (AvgIpc) is 1.58. The van der Waals surface area contributed by atoms with Crippen LogP contribution in [0.4, 0.5) is 26.3 Å². The topological polar surface area (TPSA) is 208 Å². The third-order valence-corrected chi connectivity index (χ3v) is 25.4. The van der Waals surface area contributed by atoms with Gasteiger partial charge in [0.2, 0.25) is 11.5 Å². The third-order valence-electron chi connectivity index (χ3n) is 25.4. The van der Waals surface area contributed by atoms with Crippen LogP contribution in [-0.4, -0.2) is 59.6 Å². The van der Waals surface area contributed by atoms with Crippen molar-refractivity contribution in [3.8, 4) is 92.9 Å². The number of hydrogen-bond acceptors (Lipinski definition) is 12. The van der Waals surface area contributed by atoms with Crippen molar-refractivity contribution in [2.75, 3.05) is 39.6 Å². The number of alkyl halides is 6. The largest absolute Gasteiger partial charge is 0.490 e. The Morgan fingerprint density at radius 1 is 0.294 bits per heavy atom. The molecule has 0 saturated heterocycles. The van der Waals surface area contributed by atoms with E-state index in [2.05, 4.69) is 75.5 Å². The first kappa shape index (κ1) is 109. The zero-order valence-corrected chi connectivity index (χ0v) is 82.1. The van der Waals surface area contributed by atoms with Crippen LogP contribution in [0, 0.1) is 57.2 Å². The van der Waals surface area contributed by atoms with Crippen molar-refractivity contribution < 1.29 is 54.8 Å². The number of H-pyrrole nitrogens is 2. The molecule has 0 unspecified atom stereocenters. The highest BCUT2D eigenvalue weighted by Gasteiger charge is 2.34. The summed E-state index contributed by atoms with van der Waals surface area (Å²) < 4.78 is 129. The number of nitrogens with one attached hydrogen (secondary N) is 2. The van der Waals surface area contributed by atoms with Crippen molar-refractivity contribution in [1.82, 2.24) is 19.9 Å². The molecule has 4 aromatic carbocycles. The van der Waals surface area contributed by atoms with Gasteiger partial charge in [-0.25, -0.2) is 9.97 Å². The molecule has 136 heavy (non-hydrogen) atoms. The minimum Gasteiger partial charge on any atom is -0.490 e. The predicted octanol–water partition coefficient (Wildman–Crippen LogP) is 34.8. The maximum atomic E-state index is 14.8. The van der Waals surface area contributed by atoms with Gasteiger partial charge in [-0.1, -0.05) is 335 Å². The number of ether oxygens (including phenoxy) is 6. The lowest BCUT2D eigenvalue weighted by atomic mass is 9.85. The number of halogens is 6. The molecule has 0 radical (unpaired) electrons. The Kier molecular flexibility index (Phi) is 48.8. The molecule has 730 valence electrons. The van der Waals surface area contributed by atoms with E-state index in [1.54, 1.807) is 24.3 Å². The Labute approximate surface area is 807 Å². The van der Waals surface area contributed by atoms with E-state index in [4.69, 9.17) is 38.4 Å². The van der Waals surface area contributed by atoms with Crippen LogP contribution < -0.4 is 28.4 Å². The van der Waals surface area contributed by atoms with Gasteiger partial charge in [-0.3, -0.25) is 0 Å². The molecule has 20 heteroatoms. The molecule has 0 spiro atoms. The standard InChI is InChI=1S/C116H148F6N8O6/c1-7-13-19-25-31-37-43-49-73-131-104-79-89(80-105(132-74-50-44-38-32-26-20-14-8-2)113(104)135-77-53-47-41-35-29-23-17-11-5)109-98-67-65-96(127-98)95(64-57-87-55-60-93(61-56-87)115(117,118)119)97-66-68-99(128-97)110(101-70-72-103(130-101)112(102-71-69-100(109)129-102)111(92(85-125)86-126)108(91(83-123)84-124)88-58-62-94(63-59-88)116(120,121)122)90-81-106(133-75-51-45-39-33-27-21-15-9-3)114(136-78-54-48-42-36-30-24-18-12-6)107(82-90)134-76-52-46-40-34-28-22-16-10-4/h55-56,58-63,65-72,79-82,127,130H,7-54,73-78H2,1-6H3. The predicted molar refractivity (Wildman–Crippen MR) is 544 cm³/mol. The van der Waals surface area contributed by atoms with E-state index in [1.807, 2.05) is 60.7 Å². The van der Waals surface area contributed by atoms with Gasteiger partial charge in [0.25, 0.3) is 0 Å². The van der Waals surface area contributed by atoms with Gasteiger partial charge in [0.05, 0.1) is 84.6 Å². The second kappa shape index (κ2) is 61.1. The van der Waals surface area contributed by atoms with Crippen LogP contribution >= 0.6 is 0 Å². The monoisotopic (exact) mass is 1860 g/mol. The van der Waals surface area contributed by atoms with Gasteiger partial charge in [0.1, 0.15) is 35.4 Å². The van der Waals surface area contributed by atoms with Gasteiger partial charge in [-0.2, -0.15) is 47.4 Å². The number of fused-ring (bicyclic) bond motifs is 8. The maximum Gasteiger partial charge on any atom is 0.416 e. The lowest BCUT2D eigenvalue weighted by Gasteiger charge is -2.19. The summed E-state index contributed by atoms with van der Waals surface area (Å²) in [5, 5.41) is 45.6. The summed E-state index contributed by atoms with van der Waals surface area (Å²) in [4.78, 5) is 18.6. The second-order valence-corrected chi connectivity index (χ2v) is 36.4. The van der Waals surface area contributed by atoms with Crippen molar-refractivity contribution in [2.24, 2.45) is 0 Å². The van der Waals surface area contributed by atoms with E-state index >= 15 is 0 Å². The molecule has 0 amide bonds. The highest BCUT2D eigenvalue weighted by Crippen LogP contribution is 2.49. The fraction of sp³-hybridized carbons (Fsp3) is 0.534. The average molecular weight is 1860 g/mol. The van der Waals surface area contributed by atoms with Crippen LogP contribution in [0.3, 0.4) is 0 Å². The Bertz CT molecular complexity index is 5150. The van der Waals surface area contributed by atoms with Crippen molar-refractivity contribution in [2.45, 2.75) is 362 Å². The van der Waals surface area contributed by atoms with E-state index in [0.717, 1.165) is 242 Å². The summed E-state index contributed by atoms with van der Waals surface area (Å²) in [7, 11) is 0. The quantitative estimate of drug-likeness (QED) is 0.0120. The van der Waals surface area contributed by atoms with Gasteiger partial charge in [-0.15, -0.1) is 0 Å². The second-order valence-electron chi connectivity index (χ2n) is 36.4. The normalized spacial score (nSPS) is 11.6. The van der Waals surface area contributed by atoms with Gasteiger partial charge < -0.3 is 38.4 Å². The van der Waals surface area contributed by atoms with E-state index in [-0.39, 0.29) is 33.5 Å². The van der Waals surface area contributed by atoms with Gasteiger partial charge in [0.15, 0.2) is 23.0 Å². The van der Waals surface area contributed by atoms with Gasteiger partial charge in [-0.05, 0) is 164 Å². The summed E-state index contributed by atoms with van der Waals surface area (Å²) >= 11 is 0. The molecule has 14 nitrogen and oxygen atoms in total. The highest BCUT2D eigenvalue weighted by molar-refractivity contribution is 6.15. The molecular formula is C116H148F6N8O6. The summed E-state index contributed by atoms with van der Waals surface area (Å²) in [5.41, 5.74) is 1.55. The molecule has 2 N–H and O–H groups in total. The number of allylic oxidation sites excluding steroid dienone is 4. The minimum absolute atomic E-state index is 0.0127. The molecule has 0 aliphatic carbocycles. The number of benzene rings is 4. The summed E-state index contributed by atoms with van der Waals surface area (Å²) in [6, 6.07) is 31.7. The van der Waals surface area contributed by atoms with Crippen LogP contribution in [0.15, 0.2) is 108 Å². The van der Waals surface area contributed by atoms with Crippen LogP contribution in [0.5, 0.6) is 34.5 Å². The Balaban J connectivity index is 1.41. The fourth-order valence-corrected chi connectivity index (χ4v) is 17.6. The number of aromatic amines is 2. The summed E-state index contributed by atoms with van der Waals surface area (Å²) in [6.45, 7) is 15.5. The number of nitrogens with zero attached hydrogens (tertiary/aromatic N) is 6. The number of unbranched alkanes of at least 4 members (excludes halogenated alkanes) is 42. The highest BCUT2D eigenvalue weighted by atomic mass is 19.4. The van der Waals surface area contributed by atoms with Crippen LogP contribution in [0.2, 0.25) is 0 Å². The van der Waals surface area contributed by atoms with E-state index in [0.29, 0.717) is 141 Å². The number of nitriles is 4. The number of rotatable bonds is 65. The molecule has 2 aliphatic heterocycles. The number of hydrogen-bond donors (Lipinski definition) is 2. The first-order valence-electron chi connectivity index (χ1n) is 51.7. The molecular weight excluding hydrogens is 1720 g/mol. The Hall–Kier alpha value is -11.1. The molecule has 5 heterocycles. The summed E-state index contributed by atoms with van der Waals surface area (Å²) in [6.07, 6.45) is 49.4. The zero-order chi connectivity index (χ0) is 96.8. The molecule has 0 fully saturated rings. The Morgan fingerprint density at radius 2 is 0.566 bits per heavy atom. The van der Waals surface area contributed by atoms with Gasteiger partial charge >= 0.3 is 12.4 Å². The summed E-state index contributed by atoms with van der Waals surface area (Å²) in [5.74, 6) is 9.25. The van der Waals surface area contributed by atoms with Crippen molar-refractivity contribution in [3.05, 3.63) is 164 Å².